The van der Waals surface area contributed by atoms with Crippen molar-refractivity contribution in [1.82, 2.24) is 19.7 Å². The lowest BCUT2D eigenvalue weighted by Gasteiger charge is -2.48. The van der Waals surface area contributed by atoms with Crippen molar-refractivity contribution in [2.45, 2.75) is 6.04 Å². The molecule has 0 aliphatic carbocycles. The second kappa shape index (κ2) is 8.80. The highest BCUT2D eigenvalue weighted by Gasteiger charge is 2.37. The van der Waals surface area contributed by atoms with Crippen molar-refractivity contribution < 1.29 is 14.0 Å². The Kier molecular flexibility index (Phi) is 5.71. The van der Waals surface area contributed by atoms with E-state index in [0.717, 1.165) is 24.2 Å². The zero-order valence-electron chi connectivity index (χ0n) is 17.5. The maximum atomic E-state index is 13.4. The first-order chi connectivity index (χ1) is 15.6. The summed E-state index contributed by atoms with van der Waals surface area (Å²) in [5.74, 6) is -0.251. The van der Waals surface area contributed by atoms with Crippen LogP contribution >= 0.6 is 11.3 Å². The van der Waals surface area contributed by atoms with Crippen LogP contribution in [-0.4, -0.2) is 76.8 Å². The molecule has 0 radical (unpaired) electrons. The third-order valence-corrected chi connectivity index (χ3v) is 6.93. The summed E-state index contributed by atoms with van der Waals surface area (Å²) in [4.78, 5) is 35.4. The van der Waals surface area contributed by atoms with Gasteiger partial charge < -0.3 is 9.80 Å². The van der Waals surface area contributed by atoms with Crippen LogP contribution in [0.25, 0.3) is 11.1 Å². The number of hydrogen-bond acceptors (Lipinski definition) is 5. The van der Waals surface area contributed by atoms with Gasteiger partial charge in [0.1, 0.15) is 5.82 Å². The summed E-state index contributed by atoms with van der Waals surface area (Å²) in [7, 11) is 0. The van der Waals surface area contributed by atoms with E-state index in [1.54, 1.807) is 24.4 Å². The fourth-order valence-corrected chi connectivity index (χ4v) is 4.86. The molecule has 0 N–H and O–H groups in total. The van der Waals surface area contributed by atoms with E-state index in [4.69, 9.17) is 0 Å². The molecule has 0 saturated carbocycles. The van der Waals surface area contributed by atoms with Crippen LogP contribution < -0.4 is 0 Å². The lowest BCUT2D eigenvalue weighted by atomic mass is 10.0. The van der Waals surface area contributed by atoms with Crippen LogP contribution in [0.5, 0.6) is 0 Å². The Balaban J connectivity index is 1.12. The summed E-state index contributed by atoms with van der Waals surface area (Å²) >= 11 is 1.37. The van der Waals surface area contributed by atoms with Gasteiger partial charge in [0.2, 0.25) is 0 Å². The molecule has 2 aromatic carbocycles. The predicted octanol–water partition coefficient (Wildman–Crippen LogP) is 3.23. The van der Waals surface area contributed by atoms with Gasteiger partial charge in [0, 0.05) is 62.5 Å². The number of likely N-dealkylation sites (tertiary alicyclic amines) is 1. The van der Waals surface area contributed by atoms with Crippen molar-refractivity contribution in [2.75, 3.05) is 39.3 Å². The highest BCUT2D eigenvalue weighted by molar-refractivity contribution is 7.11. The van der Waals surface area contributed by atoms with Gasteiger partial charge in [-0.25, -0.2) is 9.37 Å². The van der Waals surface area contributed by atoms with E-state index in [9.17, 15) is 14.0 Å². The van der Waals surface area contributed by atoms with Crippen LogP contribution in [-0.2, 0) is 0 Å². The first-order valence-electron chi connectivity index (χ1n) is 10.7. The molecule has 2 fully saturated rings. The molecule has 164 valence electrons. The molecule has 3 heterocycles. The Morgan fingerprint density at radius 3 is 2.31 bits per heavy atom. The van der Waals surface area contributed by atoms with Crippen molar-refractivity contribution in [3.05, 3.63) is 76.5 Å². The Labute approximate surface area is 189 Å². The van der Waals surface area contributed by atoms with Crippen molar-refractivity contribution in [3.63, 3.8) is 0 Å². The van der Waals surface area contributed by atoms with Gasteiger partial charge in [0.05, 0.1) is 0 Å². The van der Waals surface area contributed by atoms with E-state index >= 15 is 0 Å². The summed E-state index contributed by atoms with van der Waals surface area (Å²) in [5.41, 5.74) is 2.32. The molecule has 2 aliphatic heterocycles. The van der Waals surface area contributed by atoms with Gasteiger partial charge in [-0.3, -0.25) is 14.5 Å². The maximum Gasteiger partial charge on any atom is 0.282 e. The molecule has 0 atom stereocenters. The average molecular weight is 451 g/mol. The minimum Gasteiger partial charge on any atom is -0.335 e. The molecule has 32 heavy (non-hydrogen) atoms. The van der Waals surface area contributed by atoms with Crippen molar-refractivity contribution in [3.8, 4) is 11.1 Å². The second-order valence-corrected chi connectivity index (χ2v) is 9.01. The lowest BCUT2D eigenvalue weighted by Crippen LogP contribution is -2.64. The van der Waals surface area contributed by atoms with Crippen molar-refractivity contribution in [2.24, 2.45) is 0 Å². The molecule has 3 aromatic rings. The molecule has 0 spiro atoms. The number of rotatable bonds is 4. The topological polar surface area (TPSA) is 56.8 Å². The number of carbonyl (C=O) groups is 2. The first kappa shape index (κ1) is 20.8. The van der Waals surface area contributed by atoms with E-state index in [0.29, 0.717) is 42.8 Å². The zero-order chi connectivity index (χ0) is 22.1. The number of aromatic nitrogens is 1. The van der Waals surface area contributed by atoms with Crippen LogP contribution in [0.4, 0.5) is 4.39 Å². The molecule has 5 rings (SSSR count). The fraction of sp³-hybridized carbons (Fsp3) is 0.292. The molecule has 2 amide bonds. The molecule has 6 nitrogen and oxygen atoms in total. The Bertz CT molecular complexity index is 1110. The second-order valence-electron chi connectivity index (χ2n) is 8.12. The Hall–Kier alpha value is -3.10. The van der Waals surface area contributed by atoms with E-state index in [1.807, 2.05) is 33.4 Å². The van der Waals surface area contributed by atoms with E-state index in [1.165, 1.54) is 23.5 Å². The number of nitrogens with zero attached hydrogens (tertiary/aromatic N) is 4. The SMILES string of the molecule is O=C(c1ccc(-c2cccc(F)c2)cc1)N1CC(N2CCN(C(=O)c3nccs3)CC2)C1. The van der Waals surface area contributed by atoms with Crippen LogP contribution in [0.2, 0.25) is 0 Å². The van der Waals surface area contributed by atoms with Gasteiger partial charge in [-0.1, -0.05) is 24.3 Å². The standard InChI is InChI=1S/C24H23FN4O2S/c25-20-3-1-2-19(14-20)17-4-6-18(7-5-17)23(30)29-15-21(16-29)27-9-11-28(12-10-27)24(31)22-26-8-13-32-22/h1-8,13-14,21H,9-12,15-16H2. The normalized spacial score (nSPS) is 17.3. The smallest absolute Gasteiger partial charge is 0.282 e. The summed E-state index contributed by atoms with van der Waals surface area (Å²) in [5, 5.41) is 2.36. The van der Waals surface area contributed by atoms with E-state index in [-0.39, 0.29) is 17.6 Å². The summed E-state index contributed by atoms with van der Waals surface area (Å²) < 4.78 is 13.4. The first-order valence-corrected chi connectivity index (χ1v) is 11.5. The molecular weight excluding hydrogens is 427 g/mol. The zero-order valence-corrected chi connectivity index (χ0v) is 18.3. The monoisotopic (exact) mass is 450 g/mol. The number of halogens is 1. The molecule has 2 aliphatic rings. The van der Waals surface area contributed by atoms with Crippen molar-refractivity contribution in [1.29, 1.82) is 0 Å². The van der Waals surface area contributed by atoms with Crippen LogP contribution in [0, 0.1) is 5.82 Å². The molecule has 8 heteroatoms. The van der Waals surface area contributed by atoms with Gasteiger partial charge in [-0.15, -0.1) is 11.3 Å². The third kappa shape index (κ3) is 4.16. The van der Waals surface area contributed by atoms with Gasteiger partial charge in [0.15, 0.2) is 5.01 Å². The highest BCUT2D eigenvalue weighted by atomic mass is 32.1. The summed E-state index contributed by atoms with van der Waals surface area (Å²) in [6.07, 6.45) is 1.66. The van der Waals surface area contributed by atoms with Gasteiger partial charge in [-0.05, 0) is 35.4 Å². The lowest BCUT2D eigenvalue weighted by molar-refractivity contribution is 0.00853. The summed E-state index contributed by atoms with van der Waals surface area (Å²) in [6.45, 7) is 4.39. The van der Waals surface area contributed by atoms with Crippen LogP contribution in [0.1, 0.15) is 20.2 Å². The number of piperazine rings is 1. The third-order valence-electron chi connectivity index (χ3n) is 6.17. The average Bonchev–Trinajstić information content (AvgIpc) is 3.33. The minimum absolute atomic E-state index is 0.00625. The van der Waals surface area contributed by atoms with Crippen LogP contribution in [0.3, 0.4) is 0 Å². The highest BCUT2D eigenvalue weighted by Crippen LogP contribution is 2.24. The molecule has 0 bridgehead atoms. The predicted molar refractivity (Wildman–Crippen MR) is 121 cm³/mol. The van der Waals surface area contributed by atoms with Gasteiger partial charge >= 0.3 is 0 Å². The number of hydrogen-bond donors (Lipinski definition) is 0. The maximum absolute atomic E-state index is 13.4. The Morgan fingerprint density at radius 2 is 1.66 bits per heavy atom. The van der Waals surface area contributed by atoms with Gasteiger partial charge in [0.25, 0.3) is 11.8 Å². The molecule has 2 saturated heterocycles. The quantitative estimate of drug-likeness (QED) is 0.613. The van der Waals surface area contributed by atoms with Crippen molar-refractivity contribution >= 4 is 23.2 Å². The number of carbonyl (C=O) groups excluding carboxylic acids is 2. The number of benzene rings is 2. The van der Waals surface area contributed by atoms with E-state index in [2.05, 4.69) is 9.88 Å². The largest absolute Gasteiger partial charge is 0.335 e. The summed E-state index contributed by atoms with van der Waals surface area (Å²) in [6, 6.07) is 14.1. The Morgan fingerprint density at radius 1 is 0.906 bits per heavy atom. The van der Waals surface area contributed by atoms with Gasteiger partial charge in [-0.2, -0.15) is 0 Å². The number of thiazole rings is 1. The molecule has 1 aromatic heterocycles. The fourth-order valence-electron chi connectivity index (χ4n) is 4.26. The molecule has 0 unspecified atom stereocenters. The van der Waals surface area contributed by atoms with Crippen LogP contribution in [0.15, 0.2) is 60.1 Å². The molecular formula is C24H23FN4O2S. The minimum atomic E-state index is -0.275. The van der Waals surface area contributed by atoms with E-state index < -0.39 is 0 Å². The number of amides is 2.